The molecule has 1 N–H and O–H groups in total. The summed E-state index contributed by atoms with van der Waals surface area (Å²) in [5.41, 5.74) is 3.90. The van der Waals surface area contributed by atoms with Gasteiger partial charge in [-0.2, -0.15) is 0 Å². The first-order valence-corrected chi connectivity index (χ1v) is 13.4. The molecule has 0 radical (unpaired) electrons. The Hall–Kier alpha value is -2.80. The fraction of sp³-hybridized carbons (Fsp3) is 0.273. The highest BCUT2D eigenvalue weighted by atomic mass is 35.7. The van der Waals surface area contributed by atoms with Crippen molar-refractivity contribution in [2.24, 2.45) is 4.99 Å². The van der Waals surface area contributed by atoms with Crippen LogP contribution in [0.2, 0.25) is 0 Å². The SMILES string of the molecule is O=S1(=O)Nc2cc3c(c4cccc1c24)N=c1cc2c4c(c1O3)CCC[N+]=4CCC2.[O-][Cl+3]([O-])([O-])[O-]. The zero-order chi connectivity index (χ0) is 23.8. The Balaban J connectivity index is 0.000000398. The summed E-state index contributed by atoms with van der Waals surface area (Å²) in [6.07, 6.45) is 4.34. The minimum absolute atomic E-state index is 0.310. The molecule has 0 spiro atoms. The van der Waals surface area contributed by atoms with Crippen molar-refractivity contribution < 1.29 is 42.0 Å². The molecule has 0 saturated carbocycles. The lowest BCUT2D eigenvalue weighted by molar-refractivity contribution is -2.00. The van der Waals surface area contributed by atoms with Gasteiger partial charge in [-0.1, -0.05) is 12.1 Å². The van der Waals surface area contributed by atoms with Crippen molar-refractivity contribution in [3.63, 3.8) is 0 Å². The van der Waals surface area contributed by atoms with Crippen LogP contribution in [0.4, 0.5) is 11.4 Å². The van der Waals surface area contributed by atoms with E-state index in [1.807, 2.05) is 6.07 Å². The highest BCUT2D eigenvalue weighted by Gasteiger charge is 2.33. The predicted octanol–water partition coefficient (Wildman–Crippen LogP) is -2.36. The average molecular weight is 504 g/mol. The van der Waals surface area contributed by atoms with Gasteiger partial charge in [-0.05, 0) is 25.0 Å². The Morgan fingerprint density at radius 1 is 1.06 bits per heavy atom. The summed E-state index contributed by atoms with van der Waals surface area (Å²) in [5.74, 6) is 1.46. The van der Waals surface area contributed by atoms with Crippen LogP contribution in [0.1, 0.15) is 24.0 Å². The minimum atomic E-state index is -4.94. The molecule has 0 saturated heterocycles. The Morgan fingerprint density at radius 2 is 1.79 bits per heavy atom. The number of aryl methyl sites for hydroxylation is 1. The van der Waals surface area contributed by atoms with Crippen molar-refractivity contribution in [1.82, 2.24) is 4.58 Å². The smallest absolute Gasteiger partial charge is 0.262 e. The molecular weight excluding hydrogens is 486 g/mol. The van der Waals surface area contributed by atoms with Crippen molar-refractivity contribution in [2.75, 3.05) is 17.8 Å². The van der Waals surface area contributed by atoms with Crippen LogP contribution in [-0.4, -0.2) is 21.5 Å². The highest BCUT2D eigenvalue weighted by molar-refractivity contribution is 7.93. The van der Waals surface area contributed by atoms with Gasteiger partial charge < -0.3 is 4.74 Å². The largest absolute Gasteiger partial charge is 0.452 e. The van der Waals surface area contributed by atoms with E-state index in [1.54, 1.807) is 18.2 Å². The van der Waals surface area contributed by atoms with Gasteiger partial charge in [0.05, 0.1) is 16.1 Å². The normalized spacial score (nSPS) is 18.4. The van der Waals surface area contributed by atoms with Gasteiger partial charge in [0.15, 0.2) is 11.5 Å². The molecule has 0 bridgehead atoms. The van der Waals surface area contributed by atoms with Crippen molar-refractivity contribution in [3.05, 3.63) is 52.2 Å². The summed E-state index contributed by atoms with van der Waals surface area (Å²) in [6, 6.07) is 9.29. The Labute approximate surface area is 195 Å². The van der Waals surface area contributed by atoms with Gasteiger partial charge in [0.2, 0.25) is 5.36 Å². The molecule has 4 aliphatic rings. The second-order valence-electron chi connectivity index (χ2n) is 8.55. The number of sulfonamides is 1. The minimum Gasteiger partial charge on any atom is -0.452 e. The number of anilines is 1. The van der Waals surface area contributed by atoms with Crippen LogP contribution in [0.25, 0.3) is 10.8 Å². The van der Waals surface area contributed by atoms with Gasteiger partial charge in [-0.15, -0.1) is 10.2 Å². The summed E-state index contributed by atoms with van der Waals surface area (Å²) >= 11 is 0. The second kappa shape index (κ2) is 7.35. The third-order valence-electron chi connectivity index (χ3n) is 6.49. The van der Waals surface area contributed by atoms with Crippen LogP contribution in [0.5, 0.6) is 11.5 Å². The molecule has 34 heavy (non-hydrogen) atoms. The number of nitrogens with one attached hydrogen (secondary N) is 1. The van der Waals surface area contributed by atoms with Gasteiger partial charge in [-0.25, -0.2) is 36.6 Å². The maximum atomic E-state index is 12.5. The molecule has 12 heteroatoms. The summed E-state index contributed by atoms with van der Waals surface area (Å²) in [4.78, 5) is 5.30. The van der Waals surface area contributed by atoms with Crippen LogP contribution in [0.3, 0.4) is 0 Å². The average Bonchev–Trinajstić information content (AvgIpc) is 3.03. The lowest BCUT2D eigenvalue weighted by Crippen LogP contribution is -2.68. The fourth-order valence-corrected chi connectivity index (χ4v) is 6.66. The highest BCUT2D eigenvalue weighted by Crippen LogP contribution is 2.48. The Kier molecular flexibility index (Phi) is 4.69. The molecular formula is C22H18ClN3O7S. The Morgan fingerprint density at radius 3 is 2.56 bits per heavy atom. The van der Waals surface area contributed by atoms with E-state index in [9.17, 15) is 8.42 Å². The molecule has 0 atom stereocenters. The van der Waals surface area contributed by atoms with Crippen LogP contribution in [0, 0.1) is 10.2 Å². The first-order valence-electron chi connectivity index (χ1n) is 10.7. The third-order valence-corrected chi connectivity index (χ3v) is 7.90. The zero-order valence-electron chi connectivity index (χ0n) is 17.7. The van der Waals surface area contributed by atoms with E-state index in [2.05, 4.69) is 15.4 Å². The number of halogens is 1. The number of nitrogens with zero attached hydrogens (tertiary/aromatic N) is 2. The lowest BCUT2D eigenvalue weighted by Gasteiger charge is -2.23. The van der Waals surface area contributed by atoms with Gasteiger partial charge >= 0.3 is 0 Å². The lowest BCUT2D eigenvalue weighted by atomic mass is 9.94. The summed E-state index contributed by atoms with van der Waals surface area (Å²) in [7, 11) is -8.48. The zero-order valence-corrected chi connectivity index (χ0v) is 19.2. The standard InChI is InChI=1S/C22H17N3O3S.ClHO4/c26-29(27)18-7-1-5-13-19(18)15(24-29)11-17-20(13)23-16-10-12-4-2-8-25-9-3-6-14(21(12)25)22(16)28-17;2-1(3,4)5/h1,5,7,10-11H,2-4,6,8-9H2;(H,2,3,4,5). The fourth-order valence-electron chi connectivity index (χ4n) is 5.35. The van der Waals surface area contributed by atoms with Crippen molar-refractivity contribution in [3.8, 4) is 11.5 Å². The van der Waals surface area contributed by atoms with Crippen molar-refractivity contribution in [1.29, 1.82) is 0 Å². The monoisotopic (exact) mass is 503 g/mol. The van der Waals surface area contributed by atoms with E-state index in [0.717, 1.165) is 48.8 Å². The van der Waals surface area contributed by atoms with Crippen molar-refractivity contribution >= 4 is 32.2 Å². The van der Waals surface area contributed by atoms with E-state index in [-0.39, 0.29) is 0 Å². The summed E-state index contributed by atoms with van der Waals surface area (Å²) in [6.45, 7) is 2.21. The quantitative estimate of drug-likeness (QED) is 0.262. The summed E-state index contributed by atoms with van der Waals surface area (Å²) < 4.78 is 70.5. The van der Waals surface area contributed by atoms with E-state index in [4.69, 9.17) is 28.4 Å². The second-order valence-corrected chi connectivity index (χ2v) is 11.0. The van der Waals surface area contributed by atoms with Gasteiger partial charge in [-0.3, -0.25) is 4.72 Å². The molecule has 7 rings (SSSR count). The number of rotatable bonds is 0. The Bertz CT molecular complexity index is 1620. The van der Waals surface area contributed by atoms with Crippen LogP contribution >= 0.6 is 0 Å². The van der Waals surface area contributed by atoms with Gasteiger partial charge in [0.25, 0.3) is 10.0 Å². The van der Waals surface area contributed by atoms with E-state index in [1.165, 1.54) is 22.9 Å². The maximum Gasteiger partial charge on any atom is 0.262 e. The molecule has 4 aliphatic heterocycles. The molecule has 10 nitrogen and oxygen atoms in total. The molecule has 176 valence electrons. The van der Waals surface area contributed by atoms with E-state index >= 15 is 0 Å². The molecule has 0 amide bonds. The first-order chi connectivity index (χ1) is 16.1. The number of hydrogen-bond donors (Lipinski definition) is 1. The number of benzene rings is 3. The van der Waals surface area contributed by atoms with Crippen LogP contribution in [0.15, 0.2) is 40.2 Å². The number of fused-ring (bicyclic) bond motifs is 4. The van der Waals surface area contributed by atoms with E-state index in [0.29, 0.717) is 27.4 Å². The molecule has 0 aliphatic carbocycles. The van der Waals surface area contributed by atoms with E-state index < -0.39 is 20.3 Å². The van der Waals surface area contributed by atoms with Gasteiger partial charge in [0, 0.05) is 35.2 Å². The third kappa shape index (κ3) is 3.44. The molecule has 3 aromatic rings. The number of ether oxygens (including phenoxy) is 1. The molecule has 3 aromatic carbocycles. The van der Waals surface area contributed by atoms with Gasteiger partial charge in [0.1, 0.15) is 24.1 Å². The van der Waals surface area contributed by atoms with Crippen LogP contribution < -0.4 is 43.4 Å². The molecule has 4 heterocycles. The first kappa shape index (κ1) is 21.7. The molecule has 0 fully saturated rings. The topological polar surface area (TPSA) is 163 Å². The molecule has 0 aromatic heterocycles. The summed E-state index contributed by atoms with van der Waals surface area (Å²) in [5, 5.41) is 3.72. The van der Waals surface area contributed by atoms with Crippen LogP contribution in [-0.2, 0) is 22.9 Å². The predicted molar refractivity (Wildman–Crippen MR) is 109 cm³/mol. The number of hydrogen-bond acceptors (Lipinski definition) is 8. The maximum absolute atomic E-state index is 12.5. The van der Waals surface area contributed by atoms with Crippen molar-refractivity contribution in [2.45, 2.75) is 30.6 Å². The molecule has 0 unspecified atom stereocenters.